The van der Waals surface area contributed by atoms with Gasteiger partial charge in [-0.3, -0.25) is 4.40 Å². The predicted molar refractivity (Wildman–Crippen MR) is 62.8 cm³/mol. The predicted octanol–water partition coefficient (Wildman–Crippen LogP) is 2.92. The molecule has 0 spiro atoms. The lowest BCUT2D eigenvalue weighted by Crippen LogP contribution is -1.89. The molecule has 86 valence electrons. The molecule has 0 aliphatic carbocycles. The summed E-state index contributed by atoms with van der Waals surface area (Å²) in [7, 11) is 0. The fraction of sp³-hybridized carbons (Fsp3) is 0. The minimum absolute atomic E-state index is 0.202. The fourth-order valence-corrected chi connectivity index (χ4v) is 2.59. The third kappa shape index (κ3) is 1.49. The van der Waals surface area contributed by atoms with Gasteiger partial charge in [-0.25, -0.2) is 13.8 Å². The van der Waals surface area contributed by atoms with Crippen LogP contribution in [0.2, 0.25) is 0 Å². The smallest absolute Gasteiger partial charge is 0.160 e. The van der Waals surface area contributed by atoms with Crippen LogP contribution in [0.25, 0.3) is 16.1 Å². The number of fused-ring (bicyclic) bond motifs is 1. The maximum atomic E-state index is 13.6. The average molecular weight is 251 g/mol. The monoisotopic (exact) mass is 251 g/mol. The molecule has 0 saturated carbocycles. The highest BCUT2D eigenvalue weighted by Gasteiger charge is 2.13. The Kier molecular flexibility index (Phi) is 2.12. The van der Waals surface area contributed by atoms with Crippen LogP contribution in [0, 0.1) is 11.6 Å². The van der Waals surface area contributed by atoms with Gasteiger partial charge >= 0.3 is 0 Å². The first-order valence-corrected chi connectivity index (χ1v) is 5.70. The molecule has 0 fully saturated rings. The van der Waals surface area contributed by atoms with Crippen molar-refractivity contribution < 1.29 is 8.78 Å². The van der Waals surface area contributed by atoms with Crippen LogP contribution >= 0.6 is 11.3 Å². The Labute approximate surface area is 99.1 Å². The van der Waals surface area contributed by atoms with Crippen LogP contribution < -0.4 is 5.73 Å². The molecular formula is C11H7F2N3S. The summed E-state index contributed by atoms with van der Waals surface area (Å²) in [6.45, 7) is 0. The summed E-state index contributed by atoms with van der Waals surface area (Å²) in [5.74, 6) is -0.565. The van der Waals surface area contributed by atoms with E-state index in [9.17, 15) is 8.78 Å². The molecule has 0 atom stereocenters. The van der Waals surface area contributed by atoms with Gasteiger partial charge in [-0.05, 0) is 18.2 Å². The van der Waals surface area contributed by atoms with Crippen LogP contribution in [-0.4, -0.2) is 9.38 Å². The van der Waals surface area contributed by atoms with Crippen molar-refractivity contribution in [3.8, 4) is 11.3 Å². The van der Waals surface area contributed by atoms with Gasteiger partial charge in [0.1, 0.15) is 22.8 Å². The summed E-state index contributed by atoms with van der Waals surface area (Å²) < 4.78 is 28.4. The zero-order valence-corrected chi connectivity index (χ0v) is 9.34. The molecule has 2 aromatic heterocycles. The third-order valence-corrected chi connectivity index (χ3v) is 3.47. The maximum absolute atomic E-state index is 13.6. The highest BCUT2D eigenvalue weighted by atomic mass is 32.1. The largest absolute Gasteiger partial charge is 0.381 e. The standard InChI is InChI=1S/C11H7F2N3S/c12-6-1-2-8(13)7(3-6)9-4-17-11-10(14)15-5-16(9)11/h1-5H,14H2. The van der Waals surface area contributed by atoms with Gasteiger partial charge in [0.05, 0.1) is 5.69 Å². The Hall–Kier alpha value is -1.95. The van der Waals surface area contributed by atoms with Crippen LogP contribution in [0.3, 0.4) is 0 Å². The average Bonchev–Trinajstić information content (AvgIpc) is 2.86. The second-order valence-corrected chi connectivity index (χ2v) is 4.41. The highest BCUT2D eigenvalue weighted by molar-refractivity contribution is 7.16. The lowest BCUT2D eigenvalue weighted by Gasteiger charge is -2.01. The molecule has 17 heavy (non-hydrogen) atoms. The van der Waals surface area contributed by atoms with Gasteiger partial charge < -0.3 is 5.73 Å². The van der Waals surface area contributed by atoms with Crippen molar-refractivity contribution in [1.29, 1.82) is 0 Å². The van der Waals surface area contributed by atoms with Crippen molar-refractivity contribution in [3.63, 3.8) is 0 Å². The van der Waals surface area contributed by atoms with Crippen LogP contribution in [0.5, 0.6) is 0 Å². The summed E-state index contributed by atoms with van der Waals surface area (Å²) in [6.07, 6.45) is 1.50. The molecule has 3 nitrogen and oxygen atoms in total. The van der Waals surface area contributed by atoms with E-state index in [0.29, 0.717) is 11.5 Å². The van der Waals surface area contributed by atoms with Gasteiger partial charge in [0.15, 0.2) is 5.82 Å². The van der Waals surface area contributed by atoms with Crippen LogP contribution in [0.15, 0.2) is 29.9 Å². The molecular weight excluding hydrogens is 244 g/mol. The molecule has 3 aromatic rings. The molecule has 6 heteroatoms. The molecule has 0 aliphatic heterocycles. The van der Waals surface area contributed by atoms with Crippen molar-refractivity contribution in [2.75, 3.05) is 5.73 Å². The van der Waals surface area contributed by atoms with Crippen molar-refractivity contribution in [3.05, 3.63) is 41.5 Å². The minimum Gasteiger partial charge on any atom is -0.381 e. The van der Waals surface area contributed by atoms with E-state index in [1.165, 1.54) is 17.7 Å². The quantitative estimate of drug-likeness (QED) is 0.722. The molecule has 0 aliphatic rings. The van der Waals surface area contributed by atoms with Crippen molar-refractivity contribution in [1.82, 2.24) is 9.38 Å². The number of anilines is 1. The van der Waals surface area contributed by atoms with Crippen LogP contribution in [0.1, 0.15) is 0 Å². The number of nitrogen functional groups attached to an aromatic ring is 1. The van der Waals surface area contributed by atoms with Gasteiger partial charge in [-0.15, -0.1) is 11.3 Å². The highest BCUT2D eigenvalue weighted by Crippen LogP contribution is 2.30. The van der Waals surface area contributed by atoms with E-state index in [4.69, 9.17) is 5.73 Å². The Morgan fingerprint density at radius 3 is 2.94 bits per heavy atom. The van der Waals surface area contributed by atoms with Crippen molar-refractivity contribution in [2.45, 2.75) is 0 Å². The van der Waals surface area contributed by atoms with Crippen LogP contribution in [-0.2, 0) is 0 Å². The first kappa shape index (κ1) is 10.2. The van der Waals surface area contributed by atoms with Crippen molar-refractivity contribution >= 4 is 22.0 Å². The lowest BCUT2D eigenvalue weighted by atomic mass is 10.1. The minimum atomic E-state index is -0.478. The Morgan fingerprint density at radius 2 is 2.12 bits per heavy atom. The molecule has 0 saturated heterocycles. The second-order valence-electron chi connectivity index (χ2n) is 3.55. The second kappa shape index (κ2) is 3.53. The molecule has 3 rings (SSSR count). The van der Waals surface area contributed by atoms with E-state index in [2.05, 4.69) is 4.98 Å². The zero-order valence-electron chi connectivity index (χ0n) is 8.52. The number of nitrogens with two attached hydrogens (primary N) is 1. The molecule has 0 unspecified atom stereocenters. The fourth-order valence-electron chi connectivity index (χ4n) is 1.70. The summed E-state index contributed by atoms with van der Waals surface area (Å²) in [5, 5.41) is 1.73. The van der Waals surface area contributed by atoms with Gasteiger partial charge in [0.25, 0.3) is 0 Å². The Morgan fingerprint density at radius 1 is 1.29 bits per heavy atom. The molecule has 2 heterocycles. The normalized spacial score (nSPS) is 11.2. The van der Waals surface area contributed by atoms with Gasteiger partial charge in [0, 0.05) is 10.9 Å². The molecule has 0 bridgehead atoms. The Bertz CT molecular complexity index is 702. The summed E-state index contributed by atoms with van der Waals surface area (Å²) >= 11 is 1.34. The first-order valence-electron chi connectivity index (χ1n) is 4.82. The number of halogens is 2. The summed E-state index contributed by atoms with van der Waals surface area (Å²) in [5.41, 5.74) is 6.40. The van der Waals surface area contributed by atoms with E-state index in [1.54, 1.807) is 9.78 Å². The van der Waals surface area contributed by atoms with Gasteiger partial charge in [-0.1, -0.05) is 0 Å². The van der Waals surface area contributed by atoms with Crippen LogP contribution in [0.4, 0.5) is 14.6 Å². The molecule has 2 N–H and O–H groups in total. The van der Waals surface area contributed by atoms with E-state index in [0.717, 1.165) is 23.0 Å². The number of thiazole rings is 1. The number of aromatic nitrogens is 2. The number of rotatable bonds is 1. The third-order valence-electron chi connectivity index (χ3n) is 2.50. The number of imidazole rings is 1. The summed E-state index contributed by atoms with van der Waals surface area (Å²) in [4.78, 5) is 4.65. The number of hydrogen-bond acceptors (Lipinski definition) is 3. The lowest BCUT2D eigenvalue weighted by molar-refractivity contribution is 0.602. The molecule has 1 aromatic carbocycles. The molecule has 0 amide bonds. The molecule has 0 radical (unpaired) electrons. The maximum Gasteiger partial charge on any atom is 0.160 e. The van der Waals surface area contributed by atoms with E-state index < -0.39 is 11.6 Å². The van der Waals surface area contributed by atoms with Gasteiger partial charge in [0.2, 0.25) is 0 Å². The topological polar surface area (TPSA) is 43.3 Å². The van der Waals surface area contributed by atoms with Crippen molar-refractivity contribution in [2.24, 2.45) is 0 Å². The number of hydrogen-bond donors (Lipinski definition) is 1. The number of nitrogens with zero attached hydrogens (tertiary/aromatic N) is 2. The first-order chi connectivity index (χ1) is 8.16. The van der Waals surface area contributed by atoms with E-state index in [-0.39, 0.29) is 5.56 Å². The SMILES string of the molecule is Nc1ncn2c(-c3cc(F)ccc3F)csc12. The van der Waals surface area contributed by atoms with E-state index in [1.807, 2.05) is 0 Å². The van der Waals surface area contributed by atoms with Gasteiger partial charge in [-0.2, -0.15) is 0 Å². The zero-order chi connectivity index (χ0) is 12.0. The Balaban J connectivity index is 2.30. The summed E-state index contributed by atoms with van der Waals surface area (Å²) in [6, 6.07) is 3.35. The van der Waals surface area contributed by atoms with E-state index >= 15 is 0 Å². The number of benzene rings is 1.